The molecule has 0 fully saturated rings. The van der Waals surface area contributed by atoms with Crippen LogP contribution in [0.3, 0.4) is 0 Å². The topological polar surface area (TPSA) is 66.2 Å². The van der Waals surface area contributed by atoms with Gasteiger partial charge in [0.2, 0.25) is 5.88 Å². The molecular formula is C17H16ClN3O3. The zero-order chi connectivity index (χ0) is 17.1. The highest BCUT2D eigenvalue weighted by molar-refractivity contribution is 6.31. The number of benzene rings is 1. The number of ether oxygens (including phenoxy) is 2. The van der Waals surface area contributed by atoms with Crippen molar-refractivity contribution in [1.82, 2.24) is 14.8 Å². The van der Waals surface area contributed by atoms with E-state index in [1.165, 1.54) is 7.11 Å². The number of esters is 1. The molecular weight excluding hydrogens is 330 g/mol. The third kappa shape index (κ3) is 3.33. The lowest BCUT2D eigenvalue weighted by atomic mass is 10.1. The second kappa shape index (κ2) is 6.88. The summed E-state index contributed by atoms with van der Waals surface area (Å²) in [7, 11) is 1.47. The molecule has 3 rings (SSSR count). The minimum Gasteiger partial charge on any atom is -0.479 e. The standard InChI is InChI=1S/C17H16ClN3O3/c1-3-24-17(22)14-10-21(20-16(14)23-2)9-11-4-5-15-12(6-11)7-13(18)8-19-15/h4-8,10H,3,9H2,1-2H3. The van der Waals surface area contributed by atoms with E-state index in [2.05, 4.69) is 10.1 Å². The van der Waals surface area contributed by atoms with Crippen LogP contribution in [0.25, 0.3) is 10.9 Å². The number of rotatable bonds is 5. The number of hydrogen-bond acceptors (Lipinski definition) is 5. The number of methoxy groups -OCH3 is 1. The van der Waals surface area contributed by atoms with Crippen molar-refractivity contribution in [2.24, 2.45) is 0 Å². The van der Waals surface area contributed by atoms with Crippen LogP contribution in [-0.2, 0) is 11.3 Å². The first-order valence-electron chi connectivity index (χ1n) is 7.43. The van der Waals surface area contributed by atoms with Crippen LogP contribution in [0.5, 0.6) is 5.88 Å². The zero-order valence-corrected chi connectivity index (χ0v) is 14.1. The van der Waals surface area contributed by atoms with Gasteiger partial charge in [-0.3, -0.25) is 9.67 Å². The number of carbonyl (C=O) groups is 1. The maximum absolute atomic E-state index is 11.9. The summed E-state index contributed by atoms with van der Waals surface area (Å²) in [5.41, 5.74) is 2.19. The van der Waals surface area contributed by atoms with Crippen molar-refractivity contribution in [3.05, 3.63) is 52.8 Å². The van der Waals surface area contributed by atoms with Crippen LogP contribution >= 0.6 is 11.6 Å². The fraction of sp³-hybridized carbons (Fsp3) is 0.235. The van der Waals surface area contributed by atoms with E-state index in [0.717, 1.165) is 16.5 Å². The minimum atomic E-state index is -0.449. The Morgan fingerprint density at radius 3 is 2.92 bits per heavy atom. The summed E-state index contributed by atoms with van der Waals surface area (Å²) in [5.74, 6) is -0.200. The van der Waals surface area contributed by atoms with Crippen molar-refractivity contribution >= 4 is 28.5 Å². The van der Waals surface area contributed by atoms with Gasteiger partial charge in [-0.25, -0.2) is 4.79 Å². The summed E-state index contributed by atoms with van der Waals surface area (Å²) >= 11 is 5.99. The molecule has 0 aliphatic rings. The van der Waals surface area contributed by atoms with Crippen molar-refractivity contribution in [3.8, 4) is 5.88 Å². The third-order valence-electron chi connectivity index (χ3n) is 3.47. The molecule has 0 radical (unpaired) electrons. The summed E-state index contributed by atoms with van der Waals surface area (Å²) < 4.78 is 11.8. The largest absolute Gasteiger partial charge is 0.479 e. The Morgan fingerprint density at radius 2 is 2.17 bits per heavy atom. The highest BCUT2D eigenvalue weighted by Gasteiger charge is 2.18. The Kier molecular flexibility index (Phi) is 4.66. The monoisotopic (exact) mass is 345 g/mol. The summed E-state index contributed by atoms with van der Waals surface area (Å²) in [6, 6.07) is 7.74. The van der Waals surface area contributed by atoms with E-state index in [-0.39, 0.29) is 5.88 Å². The van der Waals surface area contributed by atoms with Crippen molar-refractivity contribution in [3.63, 3.8) is 0 Å². The van der Waals surface area contributed by atoms with Gasteiger partial charge < -0.3 is 9.47 Å². The van der Waals surface area contributed by atoms with Crippen molar-refractivity contribution < 1.29 is 14.3 Å². The Labute approximate surface area is 144 Å². The lowest BCUT2D eigenvalue weighted by Gasteiger charge is -2.04. The number of halogens is 1. The molecule has 3 aromatic rings. The quantitative estimate of drug-likeness (QED) is 0.664. The van der Waals surface area contributed by atoms with Gasteiger partial charge in [-0.05, 0) is 30.7 Å². The smallest absolute Gasteiger partial charge is 0.345 e. The van der Waals surface area contributed by atoms with Crippen LogP contribution in [-0.4, -0.2) is 34.5 Å². The summed E-state index contributed by atoms with van der Waals surface area (Å²) in [4.78, 5) is 16.2. The van der Waals surface area contributed by atoms with Gasteiger partial charge in [-0.15, -0.1) is 5.10 Å². The molecule has 0 atom stereocenters. The third-order valence-corrected chi connectivity index (χ3v) is 3.68. The first-order valence-corrected chi connectivity index (χ1v) is 7.81. The van der Waals surface area contributed by atoms with Gasteiger partial charge >= 0.3 is 5.97 Å². The number of fused-ring (bicyclic) bond motifs is 1. The lowest BCUT2D eigenvalue weighted by molar-refractivity contribution is 0.0522. The predicted octanol–water partition coefficient (Wildman–Crippen LogP) is 3.32. The van der Waals surface area contributed by atoms with Gasteiger partial charge in [0, 0.05) is 17.8 Å². The van der Waals surface area contributed by atoms with Gasteiger partial charge in [0.25, 0.3) is 0 Å². The van der Waals surface area contributed by atoms with E-state index in [4.69, 9.17) is 21.1 Å². The van der Waals surface area contributed by atoms with Crippen LogP contribution in [0, 0.1) is 0 Å². The average Bonchev–Trinajstić information content (AvgIpc) is 2.97. The van der Waals surface area contributed by atoms with E-state index in [1.54, 1.807) is 24.0 Å². The maximum atomic E-state index is 11.9. The van der Waals surface area contributed by atoms with Gasteiger partial charge in [0.1, 0.15) is 5.56 Å². The number of aromatic nitrogens is 3. The molecule has 0 amide bonds. The SMILES string of the molecule is CCOC(=O)c1cn(Cc2ccc3ncc(Cl)cc3c2)nc1OC. The highest BCUT2D eigenvalue weighted by atomic mass is 35.5. The lowest BCUT2D eigenvalue weighted by Crippen LogP contribution is -2.05. The molecule has 0 bridgehead atoms. The molecule has 0 spiro atoms. The summed E-state index contributed by atoms with van der Waals surface area (Å²) in [5, 5.41) is 5.81. The molecule has 1 aromatic carbocycles. The first kappa shape index (κ1) is 16.3. The fourth-order valence-corrected chi connectivity index (χ4v) is 2.59. The molecule has 2 heterocycles. The normalized spacial score (nSPS) is 10.8. The molecule has 0 saturated carbocycles. The van der Waals surface area contributed by atoms with Crippen LogP contribution in [0.2, 0.25) is 5.02 Å². The van der Waals surface area contributed by atoms with Crippen LogP contribution < -0.4 is 4.74 Å². The molecule has 124 valence electrons. The summed E-state index contributed by atoms with van der Waals surface area (Å²) in [6.45, 7) is 2.53. The Hall–Kier alpha value is -2.60. The Morgan fingerprint density at radius 1 is 1.33 bits per heavy atom. The fourth-order valence-electron chi connectivity index (χ4n) is 2.42. The van der Waals surface area contributed by atoms with Crippen molar-refractivity contribution in [2.75, 3.05) is 13.7 Å². The van der Waals surface area contributed by atoms with Crippen LogP contribution in [0.1, 0.15) is 22.8 Å². The zero-order valence-electron chi connectivity index (χ0n) is 13.3. The molecule has 0 aliphatic carbocycles. The number of carbonyl (C=O) groups excluding carboxylic acids is 1. The maximum Gasteiger partial charge on any atom is 0.345 e. The van der Waals surface area contributed by atoms with Crippen molar-refractivity contribution in [1.29, 1.82) is 0 Å². The molecule has 24 heavy (non-hydrogen) atoms. The van der Waals surface area contributed by atoms with E-state index >= 15 is 0 Å². The average molecular weight is 346 g/mol. The van der Waals surface area contributed by atoms with Crippen molar-refractivity contribution in [2.45, 2.75) is 13.5 Å². The second-order valence-corrected chi connectivity index (χ2v) is 5.59. The molecule has 2 aromatic heterocycles. The highest BCUT2D eigenvalue weighted by Crippen LogP contribution is 2.21. The molecule has 0 N–H and O–H groups in total. The molecule has 7 heteroatoms. The molecule has 0 saturated heterocycles. The minimum absolute atomic E-state index is 0.249. The van der Waals surface area contributed by atoms with Gasteiger partial charge in [-0.1, -0.05) is 17.7 Å². The van der Waals surface area contributed by atoms with E-state index in [1.807, 2.05) is 24.3 Å². The van der Waals surface area contributed by atoms with Gasteiger partial charge in [0.15, 0.2) is 0 Å². The van der Waals surface area contributed by atoms with E-state index in [9.17, 15) is 4.79 Å². The number of nitrogens with zero attached hydrogens (tertiary/aromatic N) is 3. The van der Waals surface area contributed by atoms with E-state index in [0.29, 0.717) is 23.7 Å². The first-order chi connectivity index (χ1) is 11.6. The molecule has 0 aliphatic heterocycles. The van der Waals surface area contributed by atoms with Gasteiger partial charge in [0.05, 0.1) is 30.8 Å². The molecule has 6 nitrogen and oxygen atoms in total. The summed E-state index contributed by atoms with van der Waals surface area (Å²) in [6.07, 6.45) is 3.24. The number of hydrogen-bond donors (Lipinski definition) is 0. The van der Waals surface area contributed by atoms with Crippen LogP contribution in [0.4, 0.5) is 0 Å². The Bertz CT molecular complexity index is 892. The predicted molar refractivity (Wildman–Crippen MR) is 90.6 cm³/mol. The Balaban J connectivity index is 1.89. The van der Waals surface area contributed by atoms with Gasteiger partial charge in [-0.2, -0.15) is 0 Å². The molecule has 0 unspecified atom stereocenters. The van der Waals surface area contributed by atoms with E-state index < -0.39 is 5.97 Å². The van der Waals surface area contributed by atoms with Crippen LogP contribution in [0.15, 0.2) is 36.7 Å². The number of pyridine rings is 1. The second-order valence-electron chi connectivity index (χ2n) is 5.15.